The maximum Gasteiger partial charge on any atom is 0.354 e. The zero-order valence-corrected chi connectivity index (χ0v) is 7.37. The average Bonchev–Trinajstić information content (AvgIpc) is 2.17. The monoisotopic (exact) mass is 200 g/mol. The normalized spacial score (nSPS) is 25.6. The molecule has 0 saturated carbocycles. The summed E-state index contributed by atoms with van der Waals surface area (Å²) in [4.78, 5) is 19.7. The van der Waals surface area contributed by atoms with Gasteiger partial charge in [-0.1, -0.05) is 0 Å². The quantitative estimate of drug-likeness (QED) is 0.380. The second-order valence-electron chi connectivity index (χ2n) is 2.76. The Kier molecular flexibility index (Phi) is 2.61. The molecule has 0 aromatic carbocycles. The van der Waals surface area contributed by atoms with Gasteiger partial charge in [0.15, 0.2) is 0 Å². The first kappa shape index (κ1) is 10.3. The topological polar surface area (TPSA) is 95.5 Å². The van der Waals surface area contributed by atoms with Crippen molar-refractivity contribution in [2.24, 2.45) is 0 Å². The van der Waals surface area contributed by atoms with E-state index >= 15 is 0 Å². The largest absolute Gasteiger partial charge is 0.354 e. The molecule has 0 amide bonds. The molecule has 0 bridgehead atoms. The van der Waals surface area contributed by atoms with Crippen LogP contribution in [0.5, 0.6) is 0 Å². The highest BCUT2D eigenvalue weighted by Crippen LogP contribution is 2.26. The Bertz CT molecular complexity index is 335. The fourth-order valence-corrected chi connectivity index (χ4v) is 1.15. The summed E-state index contributed by atoms with van der Waals surface area (Å²) in [5.74, 6) is 0. The van der Waals surface area contributed by atoms with Crippen LogP contribution in [-0.2, 0) is 4.74 Å². The third kappa shape index (κ3) is 1.62. The lowest BCUT2D eigenvalue weighted by atomic mass is 10.0. The summed E-state index contributed by atoms with van der Waals surface area (Å²) in [5.41, 5.74) is -2.02. The predicted molar refractivity (Wildman–Crippen MR) is 45.6 cm³/mol. The molecule has 76 valence electrons. The highest BCUT2D eigenvalue weighted by molar-refractivity contribution is 5.18. The summed E-state index contributed by atoms with van der Waals surface area (Å²) in [5, 5.41) is 21.1. The molecule has 0 aromatic heterocycles. The van der Waals surface area contributed by atoms with E-state index in [2.05, 4.69) is 4.74 Å². The minimum absolute atomic E-state index is 0.231. The average molecular weight is 200 g/mol. The number of rotatable bonds is 3. The first-order chi connectivity index (χ1) is 6.52. The molecular formula is C7H8N2O5. The second kappa shape index (κ2) is 3.54. The van der Waals surface area contributed by atoms with E-state index in [-0.39, 0.29) is 12.1 Å². The molecule has 1 rings (SSSR count). The summed E-state index contributed by atoms with van der Waals surface area (Å²) in [6, 6.07) is 0. The first-order valence-electron chi connectivity index (χ1n) is 3.74. The van der Waals surface area contributed by atoms with E-state index in [9.17, 15) is 20.2 Å². The molecule has 1 aliphatic rings. The molecule has 7 heteroatoms. The summed E-state index contributed by atoms with van der Waals surface area (Å²) in [6.45, 7) is 0. The number of nitrogens with zero attached hydrogens (tertiary/aromatic N) is 2. The van der Waals surface area contributed by atoms with Gasteiger partial charge < -0.3 is 4.74 Å². The number of allylic oxidation sites excluding steroid dienone is 2. The SMILES string of the molecule is COC1([N+](=O)[O-])C=CC=C([N+](=O)[O-])C1. The standard InChI is InChI=1S/C7H8N2O5/c1-14-7(9(12)13)4-2-3-6(5-7)8(10)11/h2-4H,5H2,1H3. The number of ether oxygens (including phenoxy) is 1. The molecule has 1 atom stereocenters. The van der Waals surface area contributed by atoms with Gasteiger partial charge in [-0.05, 0) is 6.08 Å². The van der Waals surface area contributed by atoms with Gasteiger partial charge in [0.2, 0.25) is 0 Å². The molecule has 14 heavy (non-hydrogen) atoms. The van der Waals surface area contributed by atoms with Crippen LogP contribution in [0.1, 0.15) is 6.42 Å². The van der Waals surface area contributed by atoms with Gasteiger partial charge in [-0.25, -0.2) is 0 Å². The molecule has 0 saturated heterocycles. The van der Waals surface area contributed by atoms with Crippen LogP contribution in [0.2, 0.25) is 0 Å². The maximum atomic E-state index is 10.7. The molecule has 0 aliphatic heterocycles. The van der Waals surface area contributed by atoms with Gasteiger partial charge in [0, 0.05) is 19.3 Å². The molecule has 0 radical (unpaired) electrons. The Morgan fingerprint density at radius 1 is 1.50 bits per heavy atom. The summed E-state index contributed by atoms with van der Waals surface area (Å²) in [7, 11) is 1.15. The summed E-state index contributed by atoms with van der Waals surface area (Å²) in [6.07, 6.45) is 3.31. The van der Waals surface area contributed by atoms with Crippen LogP contribution in [0.15, 0.2) is 23.9 Å². The third-order valence-electron chi connectivity index (χ3n) is 1.98. The molecule has 0 N–H and O–H groups in total. The van der Waals surface area contributed by atoms with Gasteiger partial charge in [-0.2, -0.15) is 0 Å². The fraction of sp³-hybridized carbons (Fsp3) is 0.429. The maximum absolute atomic E-state index is 10.7. The summed E-state index contributed by atoms with van der Waals surface area (Å²) >= 11 is 0. The molecule has 0 heterocycles. The van der Waals surface area contributed by atoms with Crippen LogP contribution in [-0.4, -0.2) is 22.7 Å². The molecule has 1 aliphatic carbocycles. The number of hydrogen-bond donors (Lipinski definition) is 0. The van der Waals surface area contributed by atoms with Crippen LogP contribution >= 0.6 is 0 Å². The van der Waals surface area contributed by atoms with Crippen LogP contribution < -0.4 is 0 Å². The van der Waals surface area contributed by atoms with Crippen molar-refractivity contribution in [2.75, 3.05) is 7.11 Å². The summed E-state index contributed by atoms with van der Waals surface area (Å²) < 4.78 is 4.69. The highest BCUT2D eigenvalue weighted by Gasteiger charge is 2.46. The van der Waals surface area contributed by atoms with Gasteiger partial charge in [-0.3, -0.25) is 20.2 Å². The molecule has 1 unspecified atom stereocenters. The van der Waals surface area contributed by atoms with Gasteiger partial charge in [0.1, 0.15) is 6.42 Å². The predicted octanol–water partition coefficient (Wildman–Crippen LogP) is 0.726. The Balaban J connectivity index is 2.98. The van der Waals surface area contributed by atoms with Gasteiger partial charge >= 0.3 is 5.72 Å². The van der Waals surface area contributed by atoms with Crippen LogP contribution in [0.25, 0.3) is 0 Å². The molecule has 0 fully saturated rings. The van der Waals surface area contributed by atoms with Crippen molar-refractivity contribution in [3.63, 3.8) is 0 Å². The lowest BCUT2D eigenvalue weighted by Crippen LogP contribution is -2.40. The number of hydrogen-bond acceptors (Lipinski definition) is 5. The zero-order valence-electron chi connectivity index (χ0n) is 7.37. The van der Waals surface area contributed by atoms with Crippen molar-refractivity contribution >= 4 is 0 Å². The van der Waals surface area contributed by atoms with Gasteiger partial charge in [0.05, 0.1) is 9.85 Å². The second-order valence-corrected chi connectivity index (χ2v) is 2.76. The minimum atomic E-state index is -1.79. The number of methoxy groups -OCH3 is 1. The molecule has 0 spiro atoms. The van der Waals surface area contributed by atoms with Crippen molar-refractivity contribution in [1.82, 2.24) is 0 Å². The van der Waals surface area contributed by atoms with E-state index in [4.69, 9.17) is 0 Å². The van der Waals surface area contributed by atoms with E-state index in [1.807, 2.05) is 0 Å². The van der Waals surface area contributed by atoms with Crippen LogP contribution in [0.3, 0.4) is 0 Å². The van der Waals surface area contributed by atoms with Crippen molar-refractivity contribution in [2.45, 2.75) is 12.1 Å². The lowest BCUT2D eigenvalue weighted by molar-refractivity contribution is -0.615. The molecule has 0 aromatic rings. The van der Waals surface area contributed by atoms with Crippen molar-refractivity contribution in [3.8, 4) is 0 Å². The highest BCUT2D eigenvalue weighted by atomic mass is 16.7. The lowest BCUT2D eigenvalue weighted by Gasteiger charge is -2.20. The molecular weight excluding hydrogens is 192 g/mol. The Morgan fingerprint density at radius 3 is 2.57 bits per heavy atom. The van der Waals surface area contributed by atoms with E-state index in [0.29, 0.717) is 0 Å². The van der Waals surface area contributed by atoms with E-state index in [0.717, 1.165) is 7.11 Å². The number of nitro groups is 2. The third-order valence-corrected chi connectivity index (χ3v) is 1.98. The molecule has 7 nitrogen and oxygen atoms in total. The Hall–Kier alpha value is -1.76. The van der Waals surface area contributed by atoms with Gasteiger partial charge in [0.25, 0.3) is 5.70 Å². The first-order valence-corrected chi connectivity index (χ1v) is 3.74. The fourth-order valence-electron chi connectivity index (χ4n) is 1.15. The van der Waals surface area contributed by atoms with Gasteiger partial charge in [-0.15, -0.1) is 0 Å². The van der Waals surface area contributed by atoms with E-state index < -0.39 is 15.6 Å². The van der Waals surface area contributed by atoms with E-state index in [1.165, 1.54) is 18.2 Å². The van der Waals surface area contributed by atoms with Crippen molar-refractivity contribution in [3.05, 3.63) is 44.2 Å². The van der Waals surface area contributed by atoms with Crippen molar-refractivity contribution < 1.29 is 14.6 Å². The van der Waals surface area contributed by atoms with Crippen molar-refractivity contribution in [1.29, 1.82) is 0 Å². The zero-order chi connectivity index (χ0) is 10.8. The minimum Gasteiger partial charge on any atom is -0.314 e. The van der Waals surface area contributed by atoms with E-state index in [1.54, 1.807) is 0 Å². The van der Waals surface area contributed by atoms with Crippen LogP contribution in [0, 0.1) is 20.2 Å². The van der Waals surface area contributed by atoms with Crippen LogP contribution in [0.4, 0.5) is 0 Å². The Morgan fingerprint density at radius 2 is 2.14 bits per heavy atom. The smallest absolute Gasteiger partial charge is 0.314 e. The Labute approximate surface area is 79.0 Å².